The van der Waals surface area contributed by atoms with E-state index in [1.165, 1.54) is 0 Å². The molecule has 0 bridgehead atoms. The number of hydrogen-bond donors (Lipinski definition) is 0. The van der Waals surface area contributed by atoms with Crippen LogP contribution in [0.4, 0.5) is 0 Å². The molecule has 5 heteroatoms. The number of aromatic nitrogens is 3. The van der Waals surface area contributed by atoms with Gasteiger partial charge in [0.25, 0.3) is 0 Å². The zero-order valence-electron chi connectivity index (χ0n) is 8.09. The lowest BCUT2D eigenvalue weighted by Crippen LogP contribution is -1.78. The van der Waals surface area contributed by atoms with Gasteiger partial charge in [0.2, 0.25) is 0 Å². The topological polar surface area (TPSA) is 38.7 Å². The summed E-state index contributed by atoms with van der Waals surface area (Å²) in [6.07, 6.45) is 5.14. The first-order chi connectivity index (χ1) is 7.83. The van der Waals surface area contributed by atoms with Crippen molar-refractivity contribution in [1.29, 1.82) is 0 Å². The second kappa shape index (κ2) is 3.81. The monoisotopic (exact) mass is 247 g/mol. The summed E-state index contributed by atoms with van der Waals surface area (Å²) in [7, 11) is 0. The molecule has 3 nitrogen and oxygen atoms in total. The number of thiazole rings is 1. The Bertz CT molecular complexity index is 636. The maximum Gasteiger partial charge on any atom is 0.171 e. The van der Waals surface area contributed by atoms with Crippen LogP contribution in [0.5, 0.6) is 0 Å². The summed E-state index contributed by atoms with van der Waals surface area (Å²) in [6.45, 7) is 0. The summed E-state index contributed by atoms with van der Waals surface area (Å²) in [6, 6.07) is 5.75. The molecule has 0 aliphatic carbocycles. The number of fused-ring (bicyclic) bond motifs is 1. The van der Waals surface area contributed by atoms with Gasteiger partial charge in [-0.1, -0.05) is 11.6 Å². The van der Waals surface area contributed by atoms with Crippen molar-refractivity contribution in [3.8, 4) is 10.6 Å². The summed E-state index contributed by atoms with van der Waals surface area (Å²) >= 11 is 7.44. The molecule has 0 radical (unpaired) electrons. The van der Waals surface area contributed by atoms with Crippen LogP contribution >= 0.6 is 22.9 Å². The van der Waals surface area contributed by atoms with E-state index in [1.807, 2.05) is 18.2 Å². The fraction of sp³-hybridized carbons (Fsp3) is 0. The Hall–Kier alpha value is -1.52. The molecule has 0 fully saturated rings. The number of pyridine rings is 2. The largest absolute Gasteiger partial charge is 0.264 e. The van der Waals surface area contributed by atoms with E-state index in [9.17, 15) is 0 Å². The zero-order chi connectivity index (χ0) is 11.0. The maximum absolute atomic E-state index is 5.88. The molecular formula is C11H6ClN3S. The Balaban J connectivity index is 2.19. The van der Waals surface area contributed by atoms with Crippen LogP contribution in [0.15, 0.2) is 36.8 Å². The van der Waals surface area contributed by atoms with Crippen LogP contribution in [0.2, 0.25) is 5.02 Å². The molecule has 3 aromatic rings. The summed E-state index contributed by atoms with van der Waals surface area (Å²) in [5.74, 6) is 0. The van der Waals surface area contributed by atoms with Crippen molar-refractivity contribution in [1.82, 2.24) is 15.0 Å². The normalized spacial score (nSPS) is 10.8. The molecule has 0 N–H and O–H groups in total. The highest BCUT2D eigenvalue weighted by molar-refractivity contribution is 7.21. The van der Waals surface area contributed by atoms with Crippen molar-refractivity contribution in [2.45, 2.75) is 0 Å². The number of halogens is 1. The van der Waals surface area contributed by atoms with Gasteiger partial charge >= 0.3 is 0 Å². The van der Waals surface area contributed by atoms with Crippen LogP contribution in [0.1, 0.15) is 0 Å². The second-order valence-corrected chi connectivity index (χ2v) is 4.70. The molecule has 0 aliphatic heterocycles. The molecule has 0 spiro atoms. The third-order valence-corrected chi connectivity index (χ3v) is 3.37. The van der Waals surface area contributed by atoms with Crippen LogP contribution < -0.4 is 0 Å². The molecule has 78 valence electrons. The third kappa shape index (κ3) is 1.66. The van der Waals surface area contributed by atoms with Crippen molar-refractivity contribution >= 4 is 33.3 Å². The van der Waals surface area contributed by atoms with E-state index in [0.717, 1.165) is 20.9 Å². The summed E-state index contributed by atoms with van der Waals surface area (Å²) in [5, 5.41) is 1.55. The second-order valence-electron chi connectivity index (χ2n) is 3.24. The Morgan fingerprint density at radius 2 is 2.19 bits per heavy atom. The number of hydrogen-bond acceptors (Lipinski definition) is 4. The van der Waals surface area contributed by atoms with Gasteiger partial charge in [0.05, 0.1) is 9.72 Å². The minimum absolute atomic E-state index is 0.633. The van der Waals surface area contributed by atoms with Gasteiger partial charge in [-0.25, -0.2) is 9.97 Å². The molecule has 16 heavy (non-hydrogen) atoms. The average Bonchev–Trinajstić information content (AvgIpc) is 2.73. The molecule has 0 aromatic carbocycles. The lowest BCUT2D eigenvalue weighted by molar-refractivity contribution is 1.30. The van der Waals surface area contributed by atoms with Crippen LogP contribution in [-0.4, -0.2) is 15.0 Å². The fourth-order valence-electron chi connectivity index (χ4n) is 1.41. The molecule has 0 amide bonds. The van der Waals surface area contributed by atoms with Gasteiger partial charge in [-0.15, -0.1) is 11.3 Å². The van der Waals surface area contributed by atoms with Gasteiger partial charge in [0, 0.05) is 24.2 Å². The van der Waals surface area contributed by atoms with Crippen molar-refractivity contribution in [3.05, 3.63) is 41.8 Å². The van der Waals surface area contributed by atoms with E-state index in [1.54, 1.807) is 29.9 Å². The summed E-state index contributed by atoms with van der Waals surface area (Å²) in [4.78, 5) is 12.7. The molecule has 3 heterocycles. The van der Waals surface area contributed by atoms with E-state index < -0.39 is 0 Å². The van der Waals surface area contributed by atoms with Gasteiger partial charge in [0.15, 0.2) is 5.65 Å². The first kappa shape index (κ1) is 9.69. The maximum atomic E-state index is 5.88. The minimum Gasteiger partial charge on any atom is -0.264 e. The van der Waals surface area contributed by atoms with Crippen LogP contribution in [-0.2, 0) is 0 Å². The highest BCUT2D eigenvalue weighted by Gasteiger charge is 2.07. The number of rotatable bonds is 1. The predicted octanol–water partition coefficient (Wildman–Crippen LogP) is 3.41. The van der Waals surface area contributed by atoms with Gasteiger partial charge in [-0.2, -0.15) is 0 Å². The average molecular weight is 248 g/mol. The highest BCUT2D eigenvalue weighted by Crippen LogP contribution is 2.29. The van der Waals surface area contributed by atoms with Crippen molar-refractivity contribution in [2.75, 3.05) is 0 Å². The summed E-state index contributed by atoms with van der Waals surface area (Å²) < 4.78 is 0.992. The molecule has 0 aliphatic rings. The van der Waals surface area contributed by atoms with Crippen LogP contribution in [0.3, 0.4) is 0 Å². The van der Waals surface area contributed by atoms with Gasteiger partial charge < -0.3 is 0 Å². The molecule has 3 rings (SSSR count). The van der Waals surface area contributed by atoms with E-state index in [0.29, 0.717) is 5.02 Å². The highest BCUT2D eigenvalue weighted by atomic mass is 35.5. The fourth-order valence-corrected chi connectivity index (χ4v) is 2.59. The van der Waals surface area contributed by atoms with E-state index in [-0.39, 0.29) is 0 Å². The molecule has 0 atom stereocenters. The van der Waals surface area contributed by atoms with Gasteiger partial charge in [0.1, 0.15) is 5.01 Å². The van der Waals surface area contributed by atoms with Crippen molar-refractivity contribution in [2.24, 2.45) is 0 Å². The molecular weight excluding hydrogens is 242 g/mol. The Labute approximate surface area is 101 Å². The Kier molecular flexibility index (Phi) is 2.31. The minimum atomic E-state index is 0.633. The molecule has 0 unspecified atom stereocenters. The number of nitrogens with zero attached hydrogens (tertiary/aromatic N) is 3. The molecule has 0 saturated carbocycles. The lowest BCUT2D eigenvalue weighted by Gasteiger charge is -1.91. The smallest absolute Gasteiger partial charge is 0.171 e. The Morgan fingerprint density at radius 1 is 1.25 bits per heavy atom. The van der Waals surface area contributed by atoms with Gasteiger partial charge in [-0.3, -0.25) is 4.98 Å². The van der Waals surface area contributed by atoms with Crippen LogP contribution in [0.25, 0.3) is 20.9 Å². The lowest BCUT2D eigenvalue weighted by atomic mass is 10.3. The zero-order valence-corrected chi connectivity index (χ0v) is 9.66. The standard InChI is InChI=1S/C11H6ClN3S/c12-8-4-9-10(14-6-8)15-11(16-9)7-2-1-3-13-5-7/h1-6H. The SMILES string of the molecule is Clc1cnc2nc(-c3cccnc3)sc2c1. The first-order valence-corrected chi connectivity index (χ1v) is 5.85. The quantitative estimate of drug-likeness (QED) is 0.662. The first-order valence-electron chi connectivity index (χ1n) is 4.65. The molecule has 0 saturated heterocycles. The van der Waals surface area contributed by atoms with E-state index in [4.69, 9.17) is 11.6 Å². The van der Waals surface area contributed by atoms with E-state index in [2.05, 4.69) is 15.0 Å². The third-order valence-electron chi connectivity index (χ3n) is 2.12. The molecule has 3 aromatic heterocycles. The van der Waals surface area contributed by atoms with Crippen molar-refractivity contribution in [3.63, 3.8) is 0 Å². The van der Waals surface area contributed by atoms with Crippen LogP contribution in [0, 0.1) is 0 Å². The predicted molar refractivity (Wildman–Crippen MR) is 65.7 cm³/mol. The van der Waals surface area contributed by atoms with E-state index >= 15 is 0 Å². The Morgan fingerprint density at radius 3 is 3.00 bits per heavy atom. The summed E-state index contributed by atoms with van der Waals surface area (Å²) in [5.41, 5.74) is 1.73. The van der Waals surface area contributed by atoms with Crippen molar-refractivity contribution < 1.29 is 0 Å². The van der Waals surface area contributed by atoms with Gasteiger partial charge in [-0.05, 0) is 18.2 Å².